The Morgan fingerprint density at radius 1 is 0.913 bits per heavy atom. The van der Waals surface area contributed by atoms with E-state index < -0.39 is 46.2 Å². The molecule has 0 aliphatic heterocycles. The Hall–Kier alpha value is -2.45. The van der Waals surface area contributed by atoms with Crippen LogP contribution in [0.1, 0.15) is 28.5 Å². The van der Waals surface area contributed by atoms with Crippen LogP contribution in [0.5, 0.6) is 0 Å². The molecule has 0 fully saturated rings. The molecular formula is C14H8F6N2O. The number of carbonyl (C=O) groups is 1. The highest BCUT2D eigenvalue weighted by molar-refractivity contribution is 5.94. The Morgan fingerprint density at radius 3 is 2.00 bits per heavy atom. The lowest BCUT2D eigenvalue weighted by Crippen LogP contribution is -2.16. The van der Waals surface area contributed by atoms with Crippen molar-refractivity contribution in [2.24, 2.45) is 0 Å². The molecule has 0 aliphatic rings. The lowest BCUT2D eigenvalue weighted by molar-refractivity contribution is -0.138. The molecule has 0 saturated carbocycles. The lowest BCUT2D eigenvalue weighted by Gasteiger charge is -2.14. The number of nitrogens with zero attached hydrogens (tertiary/aromatic N) is 2. The van der Waals surface area contributed by atoms with Gasteiger partial charge in [-0.15, -0.1) is 10.2 Å². The van der Waals surface area contributed by atoms with Gasteiger partial charge in [0.05, 0.1) is 16.8 Å². The minimum atomic E-state index is -4.95. The van der Waals surface area contributed by atoms with Gasteiger partial charge in [0.15, 0.2) is 5.78 Å². The Labute approximate surface area is 126 Å². The summed E-state index contributed by atoms with van der Waals surface area (Å²) in [5.41, 5.74) is -4.67. The van der Waals surface area contributed by atoms with Crippen LogP contribution in [0, 0.1) is 0 Å². The molecule has 3 nitrogen and oxygen atoms in total. The summed E-state index contributed by atoms with van der Waals surface area (Å²) in [4.78, 5) is 11.2. The van der Waals surface area contributed by atoms with Crippen LogP contribution in [0.3, 0.4) is 0 Å². The standard InChI is InChI=1S/C14H8F6N2O/c1-7(23)12-10(14(18,19)20)6-11(21-22-12)8-4-2-3-5-9(8)13(15,16)17/h2-6H,1H3. The molecule has 2 rings (SSSR count). The number of benzene rings is 1. The first-order valence-corrected chi connectivity index (χ1v) is 6.14. The zero-order valence-corrected chi connectivity index (χ0v) is 11.5. The maximum absolute atomic E-state index is 13.0. The summed E-state index contributed by atoms with van der Waals surface area (Å²) < 4.78 is 77.8. The molecule has 122 valence electrons. The van der Waals surface area contributed by atoms with Gasteiger partial charge in [0.25, 0.3) is 0 Å². The van der Waals surface area contributed by atoms with Crippen LogP contribution >= 0.6 is 0 Å². The van der Waals surface area contributed by atoms with Gasteiger partial charge >= 0.3 is 12.4 Å². The van der Waals surface area contributed by atoms with Gasteiger partial charge in [0.1, 0.15) is 5.69 Å². The molecule has 0 amide bonds. The zero-order valence-electron chi connectivity index (χ0n) is 11.5. The average molecular weight is 334 g/mol. The zero-order chi connectivity index (χ0) is 17.4. The first-order chi connectivity index (χ1) is 10.5. The largest absolute Gasteiger partial charge is 0.418 e. The van der Waals surface area contributed by atoms with Crippen molar-refractivity contribution in [3.8, 4) is 11.3 Å². The molecule has 9 heteroatoms. The maximum Gasteiger partial charge on any atom is 0.418 e. The molecule has 0 unspecified atom stereocenters. The van der Waals surface area contributed by atoms with Gasteiger partial charge in [-0.2, -0.15) is 26.3 Å². The van der Waals surface area contributed by atoms with E-state index >= 15 is 0 Å². The number of halogens is 6. The van der Waals surface area contributed by atoms with Crippen molar-refractivity contribution >= 4 is 5.78 Å². The van der Waals surface area contributed by atoms with E-state index in [1.807, 2.05) is 0 Å². The molecule has 0 spiro atoms. The monoisotopic (exact) mass is 334 g/mol. The van der Waals surface area contributed by atoms with E-state index in [1.54, 1.807) is 0 Å². The fourth-order valence-electron chi connectivity index (χ4n) is 1.95. The second-order valence-electron chi connectivity index (χ2n) is 4.59. The topological polar surface area (TPSA) is 42.9 Å². The number of hydrogen-bond donors (Lipinski definition) is 0. The molecule has 23 heavy (non-hydrogen) atoms. The van der Waals surface area contributed by atoms with E-state index in [4.69, 9.17) is 0 Å². The number of rotatable bonds is 2. The number of hydrogen-bond acceptors (Lipinski definition) is 3. The highest BCUT2D eigenvalue weighted by Gasteiger charge is 2.38. The Balaban J connectivity index is 2.70. The molecule has 1 heterocycles. The molecule has 2 aromatic rings. The summed E-state index contributed by atoms with van der Waals surface area (Å²) in [5, 5.41) is 6.50. The number of ketones is 1. The molecule has 0 N–H and O–H groups in total. The van der Waals surface area contributed by atoms with Crippen LogP contribution in [0.2, 0.25) is 0 Å². The van der Waals surface area contributed by atoms with Gasteiger partial charge in [-0.05, 0) is 12.1 Å². The summed E-state index contributed by atoms with van der Waals surface area (Å²) in [7, 11) is 0. The number of Topliss-reactive ketones (excluding diaryl/α,β-unsaturated/α-hetero) is 1. The summed E-state index contributed by atoms with van der Waals surface area (Å²) >= 11 is 0. The van der Waals surface area contributed by atoms with E-state index in [1.165, 1.54) is 6.07 Å². The van der Waals surface area contributed by atoms with Crippen LogP contribution in [0.25, 0.3) is 11.3 Å². The van der Waals surface area contributed by atoms with Crippen LogP contribution in [0.4, 0.5) is 26.3 Å². The van der Waals surface area contributed by atoms with Crippen LogP contribution in [-0.4, -0.2) is 16.0 Å². The Bertz CT molecular complexity index is 752. The SMILES string of the molecule is CC(=O)c1nnc(-c2ccccc2C(F)(F)F)cc1C(F)(F)F. The third kappa shape index (κ3) is 3.49. The van der Waals surface area contributed by atoms with Crippen molar-refractivity contribution < 1.29 is 31.1 Å². The summed E-state index contributed by atoms with van der Waals surface area (Å²) in [6, 6.07) is 4.45. The van der Waals surface area contributed by atoms with E-state index in [-0.39, 0.29) is 0 Å². The van der Waals surface area contributed by atoms with Gasteiger partial charge in [-0.3, -0.25) is 4.79 Å². The van der Waals surface area contributed by atoms with Crippen LogP contribution in [0.15, 0.2) is 30.3 Å². The minimum Gasteiger partial charge on any atom is -0.293 e. The Kier molecular flexibility index (Phi) is 4.14. The molecular weight excluding hydrogens is 326 g/mol. The summed E-state index contributed by atoms with van der Waals surface area (Å²) in [5.74, 6) is -0.986. The maximum atomic E-state index is 13.0. The number of aromatic nitrogens is 2. The summed E-state index contributed by atoms with van der Waals surface area (Å²) in [6.45, 7) is 0.864. The van der Waals surface area contributed by atoms with E-state index in [0.29, 0.717) is 6.07 Å². The number of alkyl halides is 6. The van der Waals surface area contributed by atoms with Gasteiger partial charge in [-0.25, -0.2) is 0 Å². The highest BCUT2D eigenvalue weighted by Crippen LogP contribution is 2.38. The second-order valence-corrected chi connectivity index (χ2v) is 4.59. The smallest absolute Gasteiger partial charge is 0.293 e. The Morgan fingerprint density at radius 2 is 1.48 bits per heavy atom. The van der Waals surface area contributed by atoms with Gasteiger partial charge < -0.3 is 0 Å². The normalized spacial score (nSPS) is 12.3. The van der Waals surface area contributed by atoms with Crippen molar-refractivity contribution in [3.05, 3.63) is 47.2 Å². The minimum absolute atomic E-state index is 0.397. The predicted molar refractivity (Wildman–Crippen MR) is 67.5 cm³/mol. The van der Waals surface area contributed by atoms with Gasteiger partial charge in [0, 0.05) is 12.5 Å². The van der Waals surface area contributed by atoms with Crippen LogP contribution < -0.4 is 0 Å². The third-order valence-electron chi connectivity index (χ3n) is 2.94. The van der Waals surface area contributed by atoms with Crippen molar-refractivity contribution in [2.75, 3.05) is 0 Å². The molecule has 1 aromatic carbocycles. The highest BCUT2D eigenvalue weighted by atomic mass is 19.4. The predicted octanol–water partition coefficient (Wildman–Crippen LogP) is 4.38. The summed E-state index contributed by atoms with van der Waals surface area (Å²) in [6.07, 6.45) is -9.71. The molecule has 0 radical (unpaired) electrons. The third-order valence-corrected chi connectivity index (χ3v) is 2.94. The molecule has 0 atom stereocenters. The van der Waals surface area contributed by atoms with E-state index in [2.05, 4.69) is 10.2 Å². The molecule has 0 aliphatic carbocycles. The van der Waals surface area contributed by atoms with E-state index in [0.717, 1.165) is 25.1 Å². The van der Waals surface area contributed by atoms with E-state index in [9.17, 15) is 31.1 Å². The van der Waals surface area contributed by atoms with Crippen LogP contribution in [-0.2, 0) is 12.4 Å². The van der Waals surface area contributed by atoms with Crippen molar-refractivity contribution in [3.63, 3.8) is 0 Å². The molecule has 0 bridgehead atoms. The fraction of sp³-hybridized carbons (Fsp3) is 0.214. The fourth-order valence-corrected chi connectivity index (χ4v) is 1.95. The van der Waals surface area contributed by atoms with Gasteiger partial charge in [-0.1, -0.05) is 18.2 Å². The lowest BCUT2D eigenvalue weighted by atomic mass is 10.0. The quantitative estimate of drug-likeness (QED) is 0.604. The number of carbonyl (C=O) groups excluding carboxylic acids is 1. The van der Waals surface area contributed by atoms with Gasteiger partial charge in [0.2, 0.25) is 0 Å². The molecule has 0 saturated heterocycles. The first-order valence-electron chi connectivity index (χ1n) is 6.14. The molecule has 1 aromatic heterocycles. The van der Waals surface area contributed by atoms with Crippen molar-refractivity contribution in [1.29, 1.82) is 0 Å². The average Bonchev–Trinajstić information content (AvgIpc) is 2.44. The second kappa shape index (κ2) is 5.64. The van der Waals surface area contributed by atoms with Crippen molar-refractivity contribution in [1.82, 2.24) is 10.2 Å². The first kappa shape index (κ1) is 16.9. The van der Waals surface area contributed by atoms with Crippen molar-refractivity contribution in [2.45, 2.75) is 19.3 Å².